The van der Waals surface area contributed by atoms with Crippen molar-refractivity contribution in [2.24, 2.45) is 0 Å². The Kier molecular flexibility index (Phi) is 6.12. The van der Waals surface area contributed by atoms with E-state index in [-0.39, 0.29) is 5.56 Å². The van der Waals surface area contributed by atoms with Gasteiger partial charge in [0.05, 0.1) is 11.3 Å². The van der Waals surface area contributed by atoms with E-state index in [0.29, 0.717) is 17.5 Å². The first-order valence-electron chi connectivity index (χ1n) is 6.83. The van der Waals surface area contributed by atoms with Gasteiger partial charge in [0, 0.05) is 12.2 Å². The van der Waals surface area contributed by atoms with Gasteiger partial charge in [0.25, 0.3) is 0 Å². The molecule has 0 fully saturated rings. The van der Waals surface area contributed by atoms with Crippen molar-refractivity contribution in [1.82, 2.24) is 4.98 Å². The molecule has 0 aromatic carbocycles. The summed E-state index contributed by atoms with van der Waals surface area (Å²) in [6, 6.07) is 1.79. The molecule has 0 saturated carbocycles. The average Bonchev–Trinajstić information content (AvgIpc) is 2.38. The minimum absolute atomic E-state index is 0.114. The molecule has 4 N–H and O–H groups in total. The summed E-state index contributed by atoms with van der Waals surface area (Å²) in [6.45, 7) is 4.31. The molecule has 19 heavy (non-hydrogen) atoms. The molecule has 0 radical (unpaired) electrons. The molecule has 1 atom stereocenters. The fourth-order valence-corrected chi connectivity index (χ4v) is 2.00. The van der Waals surface area contributed by atoms with Gasteiger partial charge in [0.1, 0.15) is 5.82 Å². The van der Waals surface area contributed by atoms with Crippen molar-refractivity contribution in [2.75, 3.05) is 11.1 Å². The smallest absolute Gasteiger partial charge is 0.337 e. The SMILES string of the molecule is CCCCC(CCC)Nc1ncc(C(=O)O)cc1N. The first-order chi connectivity index (χ1) is 9.08. The maximum absolute atomic E-state index is 10.8. The number of nitrogens with two attached hydrogens (primary N) is 1. The number of unbranched alkanes of at least 4 members (excludes halogenated alkanes) is 1. The van der Waals surface area contributed by atoms with Crippen molar-refractivity contribution < 1.29 is 9.90 Å². The summed E-state index contributed by atoms with van der Waals surface area (Å²) in [6.07, 6.45) is 6.87. The predicted molar refractivity (Wildman–Crippen MR) is 77.5 cm³/mol. The lowest BCUT2D eigenvalue weighted by Gasteiger charge is -2.19. The molecule has 5 heteroatoms. The van der Waals surface area contributed by atoms with Gasteiger partial charge >= 0.3 is 5.97 Å². The molecular weight excluding hydrogens is 242 g/mol. The van der Waals surface area contributed by atoms with Gasteiger partial charge in [-0.05, 0) is 18.9 Å². The van der Waals surface area contributed by atoms with E-state index >= 15 is 0 Å². The zero-order valence-electron chi connectivity index (χ0n) is 11.6. The fourth-order valence-electron chi connectivity index (χ4n) is 2.00. The van der Waals surface area contributed by atoms with Gasteiger partial charge < -0.3 is 16.2 Å². The standard InChI is InChI=1S/C14H23N3O2/c1-3-5-7-11(6-4-2)17-13-12(15)8-10(9-16-13)14(18)19/h8-9,11H,3-7,15H2,1-2H3,(H,16,17)(H,18,19). The van der Waals surface area contributed by atoms with Crippen LogP contribution >= 0.6 is 0 Å². The van der Waals surface area contributed by atoms with Crippen molar-refractivity contribution in [3.63, 3.8) is 0 Å². The molecule has 1 rings (SSSR count). The molecule has 106 valence electrons. The second-order valence-electron chi connectivity index (χ2n) is 4.74. The van der Waals surface area contributed by atoms with Crippen molar-refractivity contribution in [2.45, 2.75) is 52.0 Å². The van der Waals surface area contributed by atoms with Crippen LogP contribution < -0.4 is 11.1 Å². The van der Waals surface area contributed by atoms with Gasteiger partial charge in [-0.2, -0.15) is 0 Å². The topological polar surface area (TPSA) is 88.2 Å². The summed E-state index contributed by atoms with van der Waals surface area (Å²) in [5.41, 5.74) is 6.35. The Balaban J connectivity index is 2.75. The lowest BCUT2D eigenvalue weighted by Crippen LogP contribution is -2.21. The molecule has 0 amide bonds. The Labute approximate surface area is 114 Å². The van der Waals surface area contributed by atoms with Gasteiger partial charge in [-0.3, -0.25) is 0 Å². The highest BCUT2D eigenvalue weighted by molar-refractivity contribution is 5.89. The number of pyridine rings is 1. The largest absolute Gasteiger partial charge is 0.478 e. The van der Waals surface area contributed by atoms with E-state index in [2.05, 4.69) is 24.1 Å². The van der Waals surface area contributed by atoms with Crippen molar-refractivity contribution in [3.05, 3.63) is 17.8 Å². The van der Waals surface area contributed by atoms with Crippen molar-refractivity contribution in [1.29, 1.82) is 0 Å². The lowest BCUT2D eigenvalue weighted by molar-refractivity contribution is 0.0696. The quantitative estimate of drug-likeness (QED) is 0.672. The molecule has 0 aliphatic heterocycles. The van der Waals surface area contributed by atoms with E-state index in [4.69, 9.17) is 10.8 Å². The summed E-state index contributed by atoms with van der Waals surface area (Å²) in [4.78, 5) is 14.9. The van der Waals surface area contributed by atoms with Gasteiger partial charge in [0.2, 0.25) is 0 Å². The summed E-state index contributed by atoms with van der Waals surface area (Å²) in [5.74, 6) is -0.429. The van der Waals surface area contributed by atoms with Gasteiger partial charge in [-0.15, -0.1) is 0 Å². The third kappa shape index (κ3) is 4.77. The van der Waals surface area contributed by atoms with E-state index in [1.54, 1.807) is 0 Å². The number of rotatable bonds is 8. The third-order valence-corrected chi connectivity index (χ3v) is 3.05. The zero-order chi connectivity index (χ0) is 14.3. The summed E-state index contributed by atoms with van der Waals surface area (Å²) in [7, 11) is 0. The Morgan fingerprint density at radius 3 is 2.68 bits per heavy atom. The second kappa shape index (κ2) is 7.61. The molecule has 1 unspecified atom stereocenters. The Morgan fingerprint density at radius 2 is 2.16 bits per heavy atom. The van der Waals surface area contributed by atoms with Crippen LogP contribution in [0.4, 0.5) is 11.5 Å². The normalized spacial score (nSPS) is 12.1. The highest BCUT2D eigenvalue weighted by Crippen LogP contribution is 2.20. The second-order valence-corrected chi connectivity index (χ2v) is 4.74. The van der Waals surface area contributed by atoms with Gasteiger partial charge in [0.15, 0.2) is 0 Å². The molecule has 1 aromatic rings. The van der Waals surface area contributed by atoms with E-state index in [0.717, 1.165) is 32.1 Å². The molecule has 5 nitrogen and oxygen atoms in total. The number of hydrogen-bond donors (Lipinski definition) is 3. The molecule has 0 aliphatic rings. The van der Waals surface area contributed by atoms with Gasteiger partial charge in [-0.25, -0.2) is 9.78 Å². The van der Waals surface area contributed by atoms with Crippen molar-refractivity contribution in [3.8, 4) is 0 Å². The maximum Gasteiger partial charge on any atom is 0.337 e. The van der Waals surface area contributed by atoms with Crippen LogP contribution in [-0.4, -0.2) is 22.1 Å². The highest BCUT2D eigenvalue weighted by Gasteiger charge is 2.12. The summed E-state index contributed by atoms with van der Waals surface area (Å²) < 4.78 is 0. The van der Waals surface area contributed by atoms with Crippen molar-refractivity contribution >= 4 is 17.5 Å². The molecule has 1 aromatic heterocycles. The number of hydrogen-bond acceptors (Lipinski definition) is 4. The van der Waals surface area contributed by atoms with E-state index in [9.17, 15) is 4.79 Å². The van der Waals surface area contributed by atoms with Crippen LogP contribution in [0.3, 0.4) is 0 Å². The number of nitrogens with one attached hydrogen (secondary N) is 1. The molecule has 0 spiro atoms. The Morgan fingerprint density at radius 1 is 1.42 bits per heavy atom. The molecule has 0 bridgehead atoms. The number of aromatic carboxylic acids is 1. The lowest BCUT2D eigenvalue weighted by atomic mass is 10.1. The van der Waals surface area contributed by atoms with Crippen LogP contribution in [0, 0.1) is 0 Å². The number of carboxylic acid groups (broad SMARTS) is 1. The third-order valence-electron chi connectivity index (χ3n) is 3.05. The number of anilines is 2. The minimum Gasteiger partial charge on any atom is -0.478 e. The van der Waals surface area contributed by atoms with E-state index in [1.807, 2.05) is 0 Å². The van der Waals surface area contributed by atoms with Crippen LogP contribution in [-0.2, 0) is 0 Å². The zero-order valence-corrected chi connectivity index (χ0v) is 11.6. The average molecular weight is 265 g/mol. The summed E-state index contributed by atoms with van der Waals surface area (Å²) >= 11 is 0. The highest BCUT2D eigenvalue weighted by atomic mass is 16.4. The first-order valence-corrected chi connectivity index (χ1v) is 6.83. The van der Waals surface area contributed by atoms with Crippen LogP contribution in [0.5, 0.6) is 0 Å². The van der Waals surface area contributed by atoms with E-state index in [1.165, 1.54) is 12.3 Å². The molecule has 1 heterocycles. The van der Waals surface area contributed by atoms with Crippen LogP contribution in [0.15, 0.2) is 12.3 Å². The minimum atomic E-state index is -1.01. The van der Waals surface area contributed by atoms with Crippen LogP contribution in [0.2, 0.25) is 0 Å². The van der Waals surface area contributed by atoms with Crippen LogP contribution in [0.25, 0.3) is 0 Å². The molecule has 0 aliphatic carbocycles. The number of carbonyl (C=O) groups is 1. The predicted octanol–water partition coefficient (Wildman–Crippen LogP) is 3.13. The monoisotopic (exact) mass is 265 g/mol. The molecular formula is C14H23N3O2. The molecule has 0 saturated heterocycles. The maximum atomic E-state index is 10.8. The number of nitrogens with zero attached hydrogens (tertiary/aromatic N) is 1. The van der Waals surface area contributed by atoms with Crippen LogP contribution in [0.1, 0.15) is 56.3 Å². The van der Waals surface area contributed by atoms with E-state index < -0.39 is 5.97 Å². The van der Waals surface area contributed by atoms with Gasteiger partial charge in [-0.1, -0.05) is 33.1 Å². The number of carboxylic acids is 1. The fraction of sp³-hybridized carbons (Fsp3) is 0.571. The first kappa shape index (κ1) is 15.3. The Bertz CT molecular complexity index is 421. The number of nitrogen functional groups attached to an aromatic ring is 1. The number of aromatic nitrogens is 1. The summed E-state index contributed by atoms with van der Waals surface area (Å²) in [5, 5.41) is 12.2. The Hall–Kier alpha value is -1.78.